The van der Waals surface area contributed by atoms with Gasteiger partial charge in [-0.1, -0.05) is 0 Å². The molecule has 1 aliphatic rings. The topological polar surface area (TPSA) is 21.3 Å². The van der Waals surface area contributed by atoms with Gasteiger partial charge in [-0.15, -0.1) is 0 Å². The lowest BCUT2D eigenvalue weighted by Gasteiger charge is -2.08. The lowest BCUT2D eigenvalue weighted by Crippen LogP contribution is -2.23. The number of hydrogen-bond donors (Lipinski definition) is 1. The molecule has 0 unspecified atom stereocenters. The lowest BCUT2D eigenvalue weighted by atomic mass is 10.3. The summed E-state index contributed by atoms with van der Waals surface area (Å²) >= 11 is 2.05. The van der Waals surface area contributed by atoms with Gasteiger partial charge in [-0.25, -0.2) is 0 Å². The van der Waals surface area contributed by atoms with Crippen LogP contribution in [0.3, 0.4) is 0 Å². The Morgan fingerprint density at radius 1 is 1.58 bits per heavy atom. The first-order valence-corrected chi connectivity index (χ1v) is 5.89. The molecule has 1 rings (SSSR count). The van der Waals surface area contributed by atoms with Crippen LogP contribution in [-0.4, -0.2) is 37.8 Å². The smallest absolute Gasteiger partial charge is 0.0470 e. The van der Waals surface area contributed by atoms with Gasteiger partial charge in [-0.05, 0) is 31.6 Å². The van der Waals surface area contributed by atoms with Gasteiger partial charge in [0, 0.05) is 25.5 Å². The van der Waals surface area contributed by atoms with Crippen LogP contribution in [0.1, 0.15) is 19.3 Å². The summed E-state index contributed by atoms with van der Waals surface area (Å²) in [4.78, 5) is 0. The summed E-state index contributed by atoms with van der Waals surface area (Å²) in [7, 11) is 1.77. The molecule has 12 heavy (non-hydrogen) atoms. The van der Waals surface area contributed by atoms with E-state index in [1.807, 2.05) is 11.8 Å². The molecule has 3 heteroatoms. The summed E-state index contributed by atoms with van der Waals surface area (Å²) in [6.07, 6.45) is 3.93. The minimum Gasteiger partial charge on any atom is -0.385 e. The normalized spacial score (nSPS) is 23.2. The van der Waals surface area contributed by atoms with Gasteiger partial charge in [-0.3, -0.25) is 0 Å². The highest BCUT2D eigenvalue weighted by atomic mass is 32.2. The Kier molecular flexibility index (Phi) is 5.82. The molecule has 1 fully saturated rings. The molecule has 1 atom stereocenters. The number of methoxy groups -OCH3 is 1. The van der Waals surface area contributed by atoms with Crippen molar-refractivity contribution in [1.29, 1.82) is 0 Å². The zero-order valence-electron chi connectivity index (χ0n) is 7.84. The molecule has 1 N–H and O–H groups in total. The van der Waals surface area contributed by atoms with Crippen LogP contribution in [0.25, 0.3) is 0 Å². The predicted molar refractivity (Wildman–Crippen MR) is 54.8 cm³/mol. The highest BCUT2D eigenvalue weighted by Gasteiger charge is 2.12. The average Bonchev–Trinajstić information content (AvgIpc) is 2.57. The van der Waals surface area contributed by atoms with E-state index in [1.165, 1.54) is 37.3 Å². The van der Waals surface area contributed by atoms with E-state index in [9.17, 15) is 0 Å². The van der Waals surface area contributed by atoms with Gasteiger partial charge < -0.3 is 10.1 Å². The molecular formula is C9H19NOS. The fourth-order valence-electron chi connectivity index (χ4n) is 1.43. The van der Waals surface area contributed by atoms with E-state index in [1.54, 1.807) is 7.11 Å². The Bertz CT molecular complexity index is 105. The van der Waals surface area contributed by atoms with Crippen molar-refractivity contribution in [2.45, 2.75) is 25.3 Å². The lowest BCUT2D eigenvalue weighted by molar-refractivity contribution is 0.200. The molecule has 1 aliphatic heterocycles. The summed E-state index contributed by atoms with van der Waals surface area (Å²) in [5, 5.41) is 3.50. The van der Waals surface area contributed by atoms with E-state index in [0.717, 1.165) is 12.6 Å². The van der Waals surface area contributed by atoms with Crippen molar-refractivity contribution in [2.24, 2.45) is 0 Å². The zero-order chi connectivity index (χ0) is 8.65. The minimum absolute atomic E-state index is 0.789. The molecule has 1 heterocycles. The maximum absolute atomic E-state index is 4.98. The number of nitrogens with one attached hydrogen (secondary N) is 1. The summed E-state index contributed by atoms with van der Waals surface area (Å²) in [6.45, 7) is 2.13. The van der Waals surface area contributed by atoms with Crippen molar-refractivity contribution in [2.75, 3.05) is 31.8 Å². The third kappa shape index (κ3) is 4.33. The first-order valence-electron chi connectivity index (χ1n) is 4.73. The van der Waals surface area contributed by atoms with Gasteiger partial charge >= 0.3 is 0 Å². The Morgan fingerprint density at radius 2 is 2.50 bits per heavy atom. The van der Waals surface area contributed by atoms with E-state index < -0.39 is 0 Å². The third-order valence-corrected chi connectivity index (χ3v) is 3.33. The number of ether oxygens (including phenoxy) is 1. The monoisotopic (exact) mass is 189 g/mol. The van der Waals surface area contributed by atoms with Gasteiger partial charge in [0.15, 0.2) is 0 Å². The molecular weight excluding hydrogens is 170 g/mol. The summed E-state index contributed by atoms with van der Waals surface area (Å²) in [5.74, 6) is 2.52. The Labute approximate surface area is 79.4 Å². The second-order valence-electron chi connectivity index (χ2n) is 3.21. The van der Waals surface area contributed by atoms with Crippen LogP contribution < -0.4 is 5.32 Å². The van der Waals surface area contributed by atoms with E-state index >= 15 is 0 Å². The van der Waals surface area contributed by atoms with Gasteiger partial charge in [-0.2, -0.15) is 11.8 Å². The molecule has 0 bridgehead atoms. The number of rotatable bonds is 6. The van der Waals surface area contributed by atoms with Crippen LogP contribution in [0, 0.1) is 0 Å². The first-order chi connectivity index (χ1) is 5.93. The highest BCUT2D eigenvalue weighted by Crippen LogP contribution is 2.12. The van der Waals surface area contributed by atoms with Crippen LogP contribution in [0.15, 0.2) is 0 Å². The Morgan fingerprint density at radius 3 is 3.17 bits per heavy atom. The molecule has 0 spiro atoms. The molecule has 0 aromatic carbocycles. The molecule has 1 saturated heterocycles. The third-order valence-electron chi connectivity index (χ3n) is 2.12. The second kappa shape index (κ2) is 6.75. The van der Waals surface area contributed by atoms with E-state index in [0.29, 0.717) is 0 Å². The molecule has 0 amide bonds. The van der Waals surface area contributed by atoms with Gasteiger partial charge in [0.2, 0.25) is 0 Å². The molecule has 0 aliphatic carbocycles. The quantitative estimate of drug-likeness (QED) is 0.640. The highest BCUT2D eigenvalue weighted by molar-refractivity contribution is 7.99. The fourth-order valence-corrected chi connectivity index (χ4v) is 2.49. The molecule has 0 aromatic heterocycles. The Balaban J connectivity index is 1.81. The molecule has 0 aromatic rings. The zero-order valence-corrected chi connectivity index (χ0v) is 8.66. The van der Waals surface area contributed by atoms with Gasteiger partial charge in [0.25, 0.3) is 0 Å². The summed E-state index contributed by atoms with van der Waals surface area (Å²) in [6, 6.07) is 0.789. The van der Waals surface area contributed by atoms with Crippen LogP contribution in [0.4, 0.5) is 0 Å². The molecule has 0 saturated carbocycles. The van der Waals surface area contributed by atoms with Gasteiger partial charge in [0.05, 0.1) is 0 Å². The fraction of sp³-hybridized carbons (Fsp3) is 1.00. The van der Waals surface area contributed by atoms with Crippen molar-refractivity contribution < 1.29 is 4.74 Å². The van der Waals surface area contributed by atoms with Gasteiger partial charge in [0.1, 0.15) is 0 Å². The summed E-state index contributed by atoms with van der Waals surface area (Å²) < 4.78 is 4.98. The van der Waals surface area contributed by atoms with E-state index in [4.69, 9.17) is 4.74 Å². The van der Waals surface area contributed by atoms with Crippen molar-refractivity contribution in [1.82, 2.24) is 5.32 Å². The maximum Gasteiger partial charge on any atom is 0.0470 e. The maximum atomic E-state index is 4.98. The standard InChI is InChI=1S/C9H19NOS/c1-11-6-3-7-12-8-9-4-2-5-10-9/h9-10H,2-8H2,1H3/t9-/m1/s1. The molecule has 72 valence electrons. The largest absolute Gasteiger partial charge is 0.385 e. The SMILES string of the molecule is COCCCSC[C@H]1CCCN1. The molecule has 2 nitrogen and oxygen atoms in total. The van der Waals surface area contributed by atoms with Crippen molar-refractivity contribution >= 4 is 11.8 Å². The summed E-state index contributed by atoms with van der Waals surface area (Å²) in [5.41, 5.74) is 0. The average molecular weight is 189 g/mol. The van der Waals surface area contributed by atoms with Crippen molar-refractivity contribution in [3.63, 3.8) is 0 Å². The van der Waals surface area contributed by atoms with Crippen LogP contribution in [0.5, 0.6) is 0 Å². The Hall–Kier alpha value is 0.270. The first kappa shape index (κ1) is 10.4. The van der Waals surface area contributed by atoms with Crippen molar-refractivity contribution in [3.05, 3.63) is 0 Å². The van der Waals surface area contributed by atoms with Crippen LogP contribution in [-0.2, 0) is 4.74 Å². The predicted octanol–water partition coefficient (Wildman–Crippen LogP) is 1.51. The van der Waals surface area contributed by atoms with Crippen LogP contribution in [0.2, 0.25) is 0 Å². The molecule has 0 radical (unpaired) electrons. The number of thioether (sulfide) groups is 1. The number of hydrogen-bond acceptors (Lipinski definition) is 3. The van der Waals surface area contributed by atoms with Crippen LogP contribution >= 0.6 is 11.8 Å². The van der Waals surface area contributed by atoms with E-state index in [2.05, 4.69) is 5.32 Å². The minimum atomic E-state index is 0.789. The van der Waals surface area contributed by atoms with Crippen molar-refractivity contribution in [3.8, 4) is 0 Å². The second-order valence-corrected chi connectivity index (χ2v) is 4.36. The van der Waals surface area contributed by atoms with E-state index in [-0.39, 0.29) is 0 Å².